The lowest BCUT2D eigenvalue weighted by Gasteiger charge is -2.11. The summed E-state index contributed by atoms with van der Waals surface area (Å²) in [6.07, 6.45) is -3.60. The number of pyridine rings is 1. The first-order valence-corrected chi connectivity index (χ1v) is 9.08. The van der Waals surface area contributed by atoms with Gasteiger partial charge in [0, 0.05) is 10.7 Å². The molecule has 0 saturated heterocycles. The maximum atomic E-state index is 12.9. The first-order chi connectivity index (χ1) is 13.1. The van der Waals surface area contributed by atoms with Crippen molar-refractivity contribution in [3.8, 4) is 5.75 Å². The molecular weight excluding hydrogens is 465 g/mol. The van der Waals surface area contributed by atoms with Crippen LogP contribution in [0.1, 0.15) is 17.0 Å². The van der Waals surface area contributed by atoms with Gasteiger partial charge in [-0.1, -0.05) is 27.5 Å². The Labute approximate surface area is 170 Å². The lowest BCUT2D eigenvalue weighted by Crippen LogP contribution is -2.29. The van der Waals surface area contributed by atoms with Gasteiger partial charge in [0.1, 0.15) is 5.75 Å². The number of amides is 1. The molecule has 6 nitrogen and oxygen atoms in total. The predicted molar refractivity (Wildman–Crippen MR) is 99.2 cm³/mol. The van der Waals surface area contributed by atoms with E-state index in [-0.39, 0.29) is 24.6 Å². The van der Waals surface area contributed by atoms with Crippen LogP contribution < -0.4 is 10.1 Å². The third-order valence-electron chi connectivity index (χ3n) is 3.79. The minimum atomic E-state index is -4.49. The molecule has 1 N–H and O–H groups in total. The third-order valence-corrected chi connectivity index (χ3v) is 4.52. The standard InChI is InChI=1S/C17H13BrClF3N4O2/c1-9-4-11(18)5-12(19)16(9)28-8-15(27)23-6-14-25-24-13-3-2-10(7-26(13)14)17(20,21)22/h2-5,7H,6,8H2,1H3,(H,23,27). The number of fused-ring (bicyclic) bond motifs is 1. The van der Waals surface area contributed by atoms with Crippen molar-refractivity contribution in [2.45, 2.75) is 19.6 Å². The van der Waals surface area contributed by atoms with Crippen LogP contribution in [0.25, 0.3) is 5.65 Å². The molecule has 1 aromatic carbocycles. The normalized spacial score (nSPS) is 11.6. The minimum Gasteiger partial charge on any atom is -0.482 e. The highest BCUT2D eigenvalue weighted by Crippen LogP contribution is 2.32. The van der Waals surface area contributed by atoms with E-state index in [1.807, 2.05) is 0 Å². The Morgan fingerprint density at radius 3 is 2.75 bits per heavy atom. The van der Waals surface area contributed by atoms with Crippen molar-refractivity contribution in [3.63, 3.8) is 0 Å². The molecule has 3 aromatic rings. The largest absolute Gasteiger partial charge is 0.482 e. The van der Waals surface area contributed by atoms with Gasteiger partial charge >= 0.3 is 6.18 Å². The summed E-state index contributed by atoms with van der Waals surface area (Å²) in [6.45, 7) is 1.36. The fourth-order valence-corrected chi connectivity index (χ4v) is 3.49. The van der Waals surface area contributed by atoms with Gasteiger partial charge in [-0.25, -0.2) is 0 Å². The molecule has 0 bridgehead atoms. The van der Waals surface area contributed by atoms with E-state index in [4.69, 9.17) is 16.3 Å². The van der Waals surface area contributed by atoms with Gasteiger partial charge in [-0.15, -0.1) is 10.2 Å². The lowest BCUT2D eigenvalue weighted by atomic mass is 10.2. The van der Waals surface area contributed by atoms with Crippen molar-refractivity contribution < 1.29 is 22.7 Å². The molecule has 0 spiro atoms. The molecule has 28 heavy (non-hydrogen) atoms. The van der Waals surface area contributed by atoms with Crippen LogP contribution >= 0.6 is 27.5 Å². The summed E-state index contributed by atoms with van der Waals surface area (Å²) in [7, 11) is 0. The van der Waals surface area contributed by atoms with Crippen LogP contribution in [0, 0.1) is 6.92 Å². The molecule has 148 valence electrons. The molecule has 0 aliphatic rings. The molecule has 2 aromatic heterocycles. The summed E-state index contributed by atoms with van der Waals surface area (Å²) < 4.78 is 46.0. The van der Waals surface area contributed by atoms with Crippen LogP contribution in [0.2, 0.25) is 5.02 Å². The summed E-state index contributed by atoms with van der Waals surface area (Å²) in [5.41, 5.74) is 0.150. The summed E-state index contributed by atoms with van der Waals surface area (Å²) in [6, 6.07) is 5.56. The summed E-state index contributed by atoms with van der Waals surface area (Å²) in [5, 5.41) is 10.5. The van der Waals surface area contributed by atoms with Crippen LogP contribution in [-0.4, -0.2) is 27.1 Å². The molecule has 0 aliphatic carbocycles. The summed E-state index contributed by atoms with van der Waals surface area (Å²) in [4.78, 5) is 12.0. The van der Waals surface area contributed by atoms with E-state index in [1.54, 1.807) is 19.1 Å². The Morgan fingerprint density at radius 1 is 1.32 bits per heavy atom. The van der Waals surface area contributed by atoms with E-state index < -0.39 is 17.6 Å². The Bertz CT molecular complexity index is 1020. The smallest absolute Gasteiger partial charge is 0.417 e. The van der Waals surface area contributed by atoms with Gasteiger partial charge in [0.15, 0.2) is 18.1 Å². The number of hydrogen-bond acceptors (Lipinski definition) is 4. The highest BCUT2D eigenvalue weighted by atomic mass is 79.9. The number of benzene rings is 1. The van der Waals surface area contributed by atoms with Crippen molar-refractivity contribution in [2.75, 3.05) is 6.61 Å². The van der Waals surface area contributed by atoms with Gasteiger partial charge < -0.3 is 10.1 Å². The van der Waals surface area contributed by atoms with E-state index in [2.05, 4.69) is 31.4 Å². The van der Waals surface area contributed by atoms with Crippen molar-refractivity contribution in [2.24, 2.45) is 0 Å². The number of aromatic nitrogens is 3. The fourth-order valence-electron chi connectivity index (χ4n) is 2.46. The Kier molecular flexibility index (Phi) is 5.80. The number of hydrogen-bond donors (Lipinski definition) is 1. The second-order valence-electron chi connectivity index (χ2n) is 5.86. The van der Waals surface area contributed by atoms with Gasteiger partial charge in [0.25, 0.3) is 5.91 Å². The van der Waals surface area contributed by atoms with Crippen LogP contribution in [0.5, 0.6) is 5.75 Å². The third kappa shape index (κ3) is 4.56. The second-order valence-corrected chi connectivity index (χ2v) is 7.18. The van der Waals surface area contributed by atoms with Crippen LogP contribution in [0.15, 0.2) is 34.9 Å². The molecule has 0 saturated carbocycles. The molecule has 0 atom stereocenters. The zero-order chi connectivity index (χ0) is 20.5. The fraction of sp³-hybridized carbons (Fsp3) is 0.235. The lowest BCUT2D eigenvalue weighted by molar-refractivity contribution is -0.137. The summed E-state index contributed by atoms with van der Waals surface area (Å²) >= 11 is 9.40. The number of nitrogens with one attached hydrogen (secondary N) is 1. The topological polar surface area (TPSA) is 68.5 Å². The molecule has 1 amide bonds. The van der Waals surface area contributed by atoms with Crippen molar-refractivity contribution >= 4 is 39.1 Å². The van der Waals surface area contributed by atoms with Crippen molar-refractivity contribution in [3.05, 3.63) is 56.9 Å². The van der Waals surface area contributed by atoms with Gasteiger partial charge in [-0.3, -0.25) is 9.20 Å². The summed E-state index contributed by atoms with van der Waals surface area (Å²) in [5.74, 6) is 0.0529. The monoisotopic (exact) mass is 476 g/mol. The van der Waals surface area contributed by atoms with E-state index in [1.165, 1.54) is 10.5 Å². The zero-order valence-corrected chi connectivity index (χ0v) is 16.7. The maximum absolute atomic E-state index is 12.9. The number of rotatable bonds is 5. The van der Waals surface area contributed by atoms with E-state index >= 15 is 0 Å². The molecule has 11 heteroatoms. The number of nitrogens with zero attached hydrogens (tertiary/aromatic N) is 3. The van der Waals surface area contributed by atoms with Crippen molar-refractivity contribution in [1.29, 1.82) is 0 Å². The van der Waals surface area contributed by atoms with E-state index in [9.17, 15) is 18.0 Å². The number of ether oxygens (including phenoxy) is 1. The second kappa shape index (κ2) is 7.96. The number of aryl methyl sites for hydroxylation is 1. The highest BCUT2D eigenvalue weighted by molar-refractivity contribution is 9.10. The number of carbonyl (C=O) groups is 1. The maximum Gasteiger partial charge on any atom is 0.417 e. The van der Waals surface area contributed by atoms with Gasteiger partial charge in [-0.2, -0.15) is 13.2 Å². The van der Waals surface area contributed by atoms with Crippen molar-refractivity contribution in [1.82, 2.24) is 19.9 Å². The van der Waals surface area contributed by atoms with Crippen LogP contribution in [-0.2, 0) is 17.5 Å². The molecular formula is C17H13BrClF3N4O2. The van der Waals surface area contributed by atoms with Gasteiger partial charge in [-0.05, 0) is 36.8 Å². The average molecular weight is 478 g/mol. The number of alkyl halides is 3. The molecule has 0 aliphatic heterocycles. The first kappa shape index (κ1) is 20.4. The molecule has 0 fully saturated rings. The Balaban J connectivity index is 1.65. The molecule has 0 radical (unpaired) electrons. The van der Waals surface area contributed by atoms with Gasteiger partial charge in [0.05, 0.1) is 17.1 Å². The van der Waals surface area contributed by atoms with E-state index in [0.717, 1.165) is 22.3 Å². The molecule has 3 rings (SSSR count). The van der Waals surface area contributed by atoms with Gasteiger partial charge in [0.2, 0.25) is 0 Å². The quantitative estimate of drug-likeness (QED) is 0.599. The first-order valence-electron chi connectivity index (χ1n) is 7.91. The molecule has 2 heterocycles. The average Bonchev–Trinajstić information content (AvgIpc) is 3.00. The predicted octanol–water partition coefficient (Wildman–Crippen LogP) is 4.17. The number of carbonyl (C=O) groups excluding carboxylic acids is 1. The SMILES string of the molecule is Cc1cc(Br)cc(Cl)c1OCC(=O)NCc1nnc2ccc(C(F)(F)F)cn12. The van der Waals surface area contributed by atoms with Crippen LogP contribution in [0.3, 0.4) is 0 Å². The molecule has 0 unspecified atom stereocenters. The van der Waals surface area contributed by atoms with E-state index in [0.29, 0.717) is 10.8 Å². The highest BCUT2D eigenvalue weighted by Gasteiger charge is 2.31. The minimum absolute atomic E-state index is 0.113. The number of halogens is 5. The van der Waals surface area contributed by atoms with Crippen LogP contribution in [0.4, 0.5) is 13.2 Å². The Hall–Kier alpha value is -2.33. The zero-order valence-electron chi connectivity index (χ0n) is 14.3. The Morgan fingerprint density at radius 2 is 2.07 bits per heavy atom.